The van der Waals surface area contributed by atoms with Crippen molar-refractivity contribution in [2.75, 3.05) is 36.5 Å². The second kappa shape index (κ2) is 12.0. The van der Waals surface area contributed by atoms with Crippen LogP contribution in [0.2, 0.25) is 4.34 Å². The Hall–Kier alpha value is -3.22. The van der Waals surface area contributed by atoms with Gasteiger partial charge in [-0.1, -0.05) is 11.6 Å². The number of rotatable bonds is 8. The minimum Gasteiger partial charge on any atom is -0.370 e. The van der Waals surface area contributed by atoms with Crippen molar-refractivity contribution in [3.8, 4) is 0 Å². The number of nitrogens with one attached hydrogen (secondary N) is 4. The maximum absolute atomic E-state index is 14.7. The number of amides is 5. The van der Waals surface area contributed by atoms with Crippen LogP contribution < -0.4 is 26.2 Å². The van der Waals surface area contributed by atoms with Gasteiger partial charge in [-0.05, 0) is 44.2 Å². The summed E-state index contributed by atoms with van der Waals surface area (Å²) in [6.07, 6.45) is 0. The van der Waals surface area contributed by atoms with E-state index in [1.54, 1.807) is 26.0 Å². The lowest BCUT2D eigenvalue weighted by Crippen LogP contribution is -2.54. The highest BCUT2D eigenvalue weighted by Crippen LogP contribution is 2.24. The van der Waals surface area contributed by atoms with Crippen LogP contribution in [0.15, 0.2) is 30.3 Å². The van der Waals surface area contributed by atoms with Crippen LogP contribution >= 0.6 is 22.9 Å². The predicted octanol–water partition coefficient (Wildman–Crippen LogP) is 2.35. The molecule has 1 aromatic carbocycles. The lowest BCUT2D eigenvalue weighted by molar-refractivity contribution is -0.125. The van der Waals surface area contributed by atoms with E-state index >= 15 is 0 Å². The third kappa shape index (κ3) is 7.38. The summed E-state index contributed by atoms with van der Waals surface area (Å²) < 4.78 is 20.2. The number of carbonyl (C=O) groups is 4. The summed E-state index contributed by atoms with van der Waals surface area (Å²) >= 11 is 6.93. The molecule has 1 atom stereocenters. The molecule has 4 N–H and O–H groups in total. The highest BCUT2D eigenvalue weighted by molar-refractivity contribution is 7.18. The Morgan fingerprint density at radius 3 is 2.60 bits per heavy atom. The van der Waals surface area contributed by atoms with Crippen molar-refractivity contribution in [1.82, 2.24) is 16.0 Å². The van der Waals surface area contributed by atoms with Crippen molar-refractivity contribution in [3.05, 3.63) is 45.4 Å². The van der Waals surface area contributed by atoms with Crippen molar-refractivity contribution in [1.29, 1.82) is 0 Å². The molecule has 35 heavy (non-hydrogen) atoms. The smallest absolute Gasteiger partial charge is 0.315 e. The van der Waals surface area contributed by atoms with Crippen molar-refractivity contribution >= 4 is 58.1 Å². The Labute approximate surface area is 210 Å². The normalized spacial score (nSPS) is 14.4. The highest BCUT2D eigenvalue weighted by Gasteiger charge is 2.25. The second-order valence-corrected chi connectivity index (χ2v) is 9.61. The zero-order chi connectivity index (χ0) is 25.5. The van der Waals surface area contributed by atoms with Crippen LogP contribution in [0.1, 0.15) is 23.5 Å². The maximum Gasteiger partial charge on any atom is 0.315 e. The zero-order valence-electron chi connectivity index (χ0n) is 19.0. The van der Waals surface area contributed by atoms with E-state index in [2.05, 4.69) is 21.3 Å². The van der Waals surface area contributed by atoms with E-state index < -0.39 is 29.7 Å². The summed E-state index contributed by atoms with van der Waals surface area (Å²) in [4.78, 5) is 51.1. The SMILES string of the molecule is CC(C)NC(=O)N[C@@H](CNC(=O)c1ccc(Cl)s1)C(=O)Nc1ccc(N2CCOCC2=O)c(F)c1. The molecule has 0 spiro atoms. The van der Waals surface area contributed by atoms with Gasteiger partial charge in [0.05, 0.1) is 21.5 Å². The van der Waals surface area contributed by atoms with Crippen LogP contribution in [0.5, 0.6) is 0 Å². The molecule has 5 amide bonds. The van der Waals surface area contributed by atoms with Gasteiger partial charge in [-0.25, -0.2) is 9.18 Å². The van der Waals surface area contributed by atoms with Gasteiger partial charge in [0.15, 0.2) is 0 Å². The number of ether oxygens (including phenoxy) is 1. The van der Waals surface area contributed by atoms with Crippen LogP contribution in [0, 0.1) is 5.82 Å². The fourth-order valence-corrected chi connectivity index (χ4v) is 4.15. The summed E-state index contributed by atoms with van der Waals surface area (Å²) in [6.45, 7) is 3.65. The summed E-state index contributed by atoms with van der Waals surface area (Å²) in [5, 5.41) is 10.2. The van der Waals surface area contributed by atoms with Crippen LogP contribution in [-0.2, 0) is 14.3 Å². The van der Waals surface area contributed by atoms with E-state index in [4.69, 9.17) is 16.3 Å². The summed E-state index contributed by atoms with van der Waals surface area (Å²) in [6, 6.07) is 5.04. The standard InChI is InChI=1S/C22H25ClFN5O5S/c1-12(2)26-22(33)28-15(10-25-21(32)17-5-6-18(23)35-17)20(31)27-13-3-4-16(14(24)9-13)29-7-8-34-11-19(29)30/h3-6,9,12,15H,7-8,10-11H2,1-2H3,(H,25,32)(H,27,31)(H2,26,28,33)/t15-/m0/s1. The van der Waals surface area contributed by atoms with E-state index in [0.29, 0.717) is 15.8 Å². The quantitative estimate of drug-likeness (QED) is 0.420. The fourth-order valence-electron chi connectivity index (χ4n) is 3.20. The van der Waals surface area contributed by atoms with Gasteiger partial charge in [0, 0.05) is 24.8 Å². The zero-order valence-corrected chi connectivity index (χ0v) is 20.6. The van der Waals surface area contributed by atoms with Gasteiger partial charge in [-0.3, -0.25) is 14.4 Å². The third-order valence-corrected chi connectivity index (χ3v) is 6.03. The Bertz CT molecular complexity index is 1110. The number of thiophene rings is 1. The number of nitrogens with zero attached hydrogens (tertiary/aromatic N) is 1. The molecule has 0 saturated carbocycles. The van der Waals surface area contributed by atoms with Crippen LogP contribution in [0.4, 0.5) is 20.6 Å². The number of urea groups is 1. The lowest BCUT2D eigenvalue weighted by atomic mass is 10.2. The molecule has 1 aliphatic rings. The first-order valence-electron chi connectivity index (χ1n) is 10.7. The Morgan fingerprint density at radius 1 is 1.20 bits per heavy atom. The molecule has 1 saturated heterocycles. The van der Waals surface area contributed by atoms with Crippen molar-refractivity contribution in [2.45, 2.75) is 25.9 Å². The maximum atomic E-state index is 14.7. The number of hydrogen-bond acceptors (Lipinski definition) is 6. The van der Waals surface area contributed by atoms with Gasteiger partial charge in [0.1, 0.15) is 18.5 Å². The molecule has 2 heterocycles. The predicted molar refractivity (Wildman–Crippen MR) is 130 cm³/mol. The molecule has 0 radical (unpaired) electrons. The molecule has 1 fully saturated rings. The Kier molecular flexibility index (Phi) is 9.01. The van der Waals surface area contributed by atoms with Gasteiger partial charge in [-0.15, -0.1) is 11.3 Å². The molecule has 0 aliphatic carbocycles. The third-order valence-electron chi connectivity index (χ3n) is 4.80. The minimum atomic E-state index is -1.17. The van der Waals surface area contributed by atoms with E-state index in [0.717, 1.165) is 17.4 Å². The molecule has 13 heteroatoms. The Morgan fingerprint density at radius 2 is 1.97 bits per heavy atom. The molecule has 0 unspecified atom stereocenters. The van der Waals surface area contributed by atoms with E-state index in [1.165, 1.54) is 17.0 Å². The fraction of sp³-hybridized carbons (Fsp3) is 0.364. The molecule has 188 valence electrons. The molecular formula is C22H25ClFN5O5S. The minimum absolute atomic E-state index is 0.0733. The van der Waals surface area contributed by atoms with Crippen molar-refractivity contribution in [2.24, 2.45) is 0 Å². The molecule has 1 aromatic heterocycles. The number of hydrogen-bond donors (Lipinski definition) is 4. The first kappa shape index (κ1) is 26.4. The highest BCUT2D eigenvalue weighted by atomic mass is 35.5. The first-order valence-corrected chi connectivity index (χ1v) is 11.9. The lowest BCUT2D eigenvalue weighted by Gasteiger charge is -2.27. The number of carbonyl (C=O) groups excluding carboxylic acids is 4. The number of halogens is 2. The average molecular weight is 526 g/mol. The largest absolute Gasteiger partial charge is 0.370 e. The van der Waals surface area contributed by atoms with E-state index in [9.17, 15) is 23.6 Å². The topological polar surface area (TPSA) is 129 Å². The molecule has 0 bridgehead atoms. The summed E-state index contributed by atoms with van der Waals surface area (Å²) in [7, 11) is 0. The second-order valence-electron chi connectivity index (χ2n) is 7.89. The van der Waals surface area contributed by atoms with Crippen molar-refractivity contribution < 1.29 is 28.3 Å². The van der Waals surface area contributed by atoms with E-state index in [-0.39, 0.29) is 43.0 Å². The van der Waals surface area contributed by atoms with Crippen molar-refractivity contribution in [3.63, 3.8) is 0 Å². The number of benzene rings is 1. The molecule has 1 aliphatic heterocycles. The molecule has 10 nitrogen and oxygen atoms in total. The molecule has 3 rings (SSSR count). The molecule has 2 aromatic rings. The van der Waals surface area contributed by atoms with Crippen LogP contribution in [-0.4, -0.2) is 62.1 Å². The number of anilines is 2. The van der Waals surface area contributed by atoms with Crippen LogP contribution in [0.3, 0.4) is 0 Å². The van der Waals surface area contributed by atoms with Gasteiger partial charge in [0.25, 0.3) is 11.8 Å². The number of morpholine rings is 1. The van der Waals surface area contributed by atoms with Crippen LogP contribution in [0.25, 0.3) is 0 Å². The first-order chi connectivity index (χ1) is 16.6. The van der Waals surface area contributed by atoms with Gasteiger partial charge in [-0.2, -0.15) is 0 Å². The average Bonchev–Trinajstić information content (AvgIpc) is 3.23. The summed E-state index contributed by atoms with van der Waals surface area (Å²) in [5.74, 6) is -2.21. The molecular weight excluding hydrogens is 501 g/mol. The Balaban J connectivity index is 1.69. The van der Waals surface area contributed by atoms with Gasteiger partial charge >= 0.3 is 6.03 Å². The van der Waals surface area contributed by atoms with E-state index in [1.807, 2.05) is 0 Å². The summed E-state index contributed by atoms with van der Waals surface area (Å²) in [5.41, 5.74) is 0.188. The van der Waals surface area contributed by atoms with Gasteiger partial charge in [0.2, 0.25) is 5.91 Å². The van der Waals surface area contributed by atoms with Gasteiger partial charge < -0.3 is 30.9 Å². The monoisotopic (exact) mass is 525 g/mol.